The Balaban J connectivity index is 0.00000784. The summed E-state index contributed by atoms with van der Waals surface area (Å²) in [7, 11) is 0. The molecule has 0 heterocycles. The van der Waals surface area contributed by atoms with Crippen molar-refractivity contribution in [2.75, 3.05) is 0 Å². The van der Waals surface area contributed by atoms with Crippen LogP contribution in [-0.4, -0.2) is 17.9 Å². The number of ketones is 1. The third-order valence-corrected chi connectivity index (χ3v) is 4.86. The van der Waals surface area contributed by atoms with Crippen molar-refractivity contribution in [3.05, 3.63) is 29.6 Å². The Bertz CT molecular complexity index is 607. The first-order chi connectivity index (χ1) is 13.5. The molecule has 0 aliphatic rings. The standard InChI is InChI=1S/C23H35FO4.Na/c1-3-5-7-9-10-12-14-22(23(26)27)28-18-15-16-19(20(24)17-18)21(25)13-11-8-6-4-2;/h15-17,22H,3-14H2,1-2H3,(H,26,27);/q;+1/p-1. The number of carbonyl (C=O) groups is 2. The van der Waals surface area contributed by atoms with Gasteiger partial charge in [-0.25, -0.2) is 4.39 Å². The van der Waals surface area contributed by atoms with E-state index in [9.17, 15) is 19.1 Å². The summed E-state index contributed by atoms with van der Waals surface area (Å²) in [6.07, 6.45) is 9.59. The van der Waals surface area contributed by atoms with Gasteiger partial charge in [0.15, 0.2) is 5.78 Å². The second-order valence-corrected chi connectivity index (χ2v) is 7.36. The van der Waals surface area contributed by atoms with Gasteiger partial charge in [-0.2, -0.15) is 0 Å². The van der Waals surface area contributed by atoms with Crippen molar-refractivity contribution in [2.45, 2.75) is 97.0 Å². The summed E-state index contributed by atoms with van der Waals surface area (Å²) in [6, 6.07) is 3.93. The van der Waals surface area contributed by atoms with Gasteiger partial charge in [0.05, 0.1) is 11.5 Å². The van der Waals surface area contributed by atoms with Crippen molar-refractivity contribution in [1.29, 1.82) is 0 Å². The third-order valence-electron chi connectivity index (χ3n) is 4.86. The molecule has 0 aliphatic carbocycles. The van der Waals surface area contributed by atoms with Crippen molar-refractivity contribution in [3.63, 3.8) is 0 Å². The summed E-state index contributed by atoms with van der Waals surface area (Å²) in [4.78, 5) is 23.5. The van der Waals surface area contributed by atoms with Gasteiger partial charge >= 0.3 is 29.6 Å². The quantitative estimate of drug-likeness (QED) is 0.236. The van der Waals surface area contributed by atoms with Crippen LogP contribution in [0.25, 0.3) is 0 Å². The molecule has 1 atom stereocenters. The van der Waals surface area contributed by atoms with Crippen molar-refractivity contribution >= 4 is 11.8 Å². The molecule has 0 radical (unpaired) electrons. The minimum absolute atomic E-state index is 0. The first kappa shape index (κ1) is 28.1. The Morgan fingerprint density at radius 2 is 1.55 bits per heavy atom. The molecular formula is C23H34FNaO4. The van der Waals surface area contributed by atoms with E-state index in [0.29, 0.717) is 12.8 Å². The SMILES string of the molecule is CCCCCCCCC(Oc1ccc(C(=O)CCCCCC)c(F)c1)C(=O)[O-].[Na+]. The summed E-state index contributed by atoms with van der Waals surface area (Å²) in [5, 5.41) is 11.3. The Kier molecular flexibility index (Phi) is 16.3. The zero-order chi connectivity index (χ0) is 20.8. The molecule has 1 rings (SSSR count). The monoisotopic (exact) mass is 416 g/mol. The molecular weight excluding hydrogens is 382 g/mol. The molecule has 0 fully saturated rings. The Hall–Kier alpha value is -0.910. The molecule has 4 nitrogen and oxygen atoms in total. The van der Waals surface area contributed by atoms with Gasteiger partial charge in [0, 0.05) is 12.5 Å². The van der Waals surface area contributed by atoms with Crippen molar-refractivity contribution in [2.24, 2.45) is 0 Å². The Morgan fingerprint density at radius 1 is 0.966 bits per heavy atom. The smallest absolute Gasteiger partial charge is 0.546 e. The number of carboxylic acid groups (broad SMARTS) is 1. The molecule has 0 aliphatic heterocycles. The van der Waals surface area contributed by atoms with Gasteiger partial charge in [0.1, 0.15) is 17.7 Å². The third kappa shape index (κ3) is 11.8. The van der Waals surface area contributed by atoms with E-state index in [1.807, 2.05) is 0 Å². The molecule has 0 aromatic heterocycles. The fourth-order valence-corrected chi connectivity index (χ4v) is 3.14. The van der Waals surface area contributed by atoms with E-state index in [2.05, 4.69) is 13.8 Å². The minimum Gasteiger partial charge on any atom is -0.546 e. The van der Waals surface area contributed by atoms with Gasteiger partial charge < -0.3 is 14.6 Å². The van der Waals surface area contributed by atoms with Crippen LogP contribution in [-0.2, 0) is 4.79 Å². The van der Waals surface area contributed by atoms with E-state index in [1.54, 1.807) is 0 Å². The normalized spacial score (nSPS) is 11.6. The van der Waals surface area contributed by atoms with Crippen LogP contribution >= 0.6 is 0 Å². The van der Waals surface area contributed by atoms with Crippen LogP contribution in [0.4, 0.5) is 4.39 Å². The summed E-state index contributed by atoms with van der Waals surface area (Å²) >= 11 is 0. The van der Waals surface area contributed by atoms with Crippen LogP contribution in [0.2, 0.25) is 0 Å². The number of hydrogen-bond acceptors (Lipinski definition) is 4. The zero-order valence-corrected chi connectivity index (χ0v) is 20.3. The molecule has 1 aromatic carbocycles. The number of benzene rings is 1. The molecule has 1 aromatic rings. The maximum absolute atomic E-state index is 14.3. The summed E-state index contributed by atoms with van der Waals surface area (Å²) in [5.74, 6) is -2.09. The Morgan fingerprint density at radius 3 is 2.14 bits per heavy atom. The number of rotatable bonds is 16. The molecule has 0 amide bonds. The summed E-state index contributed by atoms with van der Waals surface area (Å²) in [6.45, 7) is 4.23. The van der Waals surface area contributed by atoms with E-state index in [1.165, 1.54) is 18.6 Å². The molecule has 0 N–H and O–H groups in total. The molecule has 1 unspecified atom stereocenters. The summed E-state index contributed by atoms with van der Waals surface area (Å²) < 4.78 is 19.7. The molecule has 0 saturated heterocycles. The van der Waals surface area contributed by atoms with Crippen LogP contribution in [0.5, 0.6) is 5.75 Å². The van der Waals surface area contributed by atoms with Crippen molar-refractivity contribution in [1.82, 2.24) is 0 Å². The van der Waals surface area contributed by atoms with Crippen LogP contribution in [0, 0.1) is 5.82 Å². The van der Waals surface area contributed by atoms with Gasteiger partial charge in [-0.3, -0.25) is 4.79 Å². The fraction of sp³-hybridized carbons (Fsp3) is 0.652. The number of Topliss-reactive ketones (excluding diaryl/α,β-unsaturated/α-hetero) is 1. The second-order valence-electron chi connectivity index (χ2n) is 7.36. The van der Waals surface area contributed by atoms with E-state index < -0.39 is 17.9 Å². The van der Waals surface area contributed by atoms with E-state index in [-0.39, 0.29) is 46.7 Å². The molecule has 0 bridgehead atoms. The molecule has 29 heavy (non-hydrogen) atoms. The first-order valence-electron chi connectivity index (χ1n) is 10.7. The second kappa shape index (κ2) is 16.8. The zero-order valence-electron chi connectivity index (χ0n) is 18.3. The fourth-order valence-electron chi connectivity index (χ4n) is 3.14. The van der Waals surface area contributed by atoms with Crippen molar-refractivity contribution in [3.8, 4) is 5.75 Å². The van der Waals surface area contributed by atoms with Gasteiger partial charge in [-0.15, -0.1) is 0 Å². The average Bonchev–Trinajstić information content (AvgIpc) is 2.66. The van der Waals surface area contributed by atoms with Crippen LogP contribution < -0.4 is 39.4 Å². The average molecular weight is 417 g/mol. The summed E-state index contributed by atoms with van der Waals surface area (Å²) in [5.41, 5.74) is 0.0322. The van der Waals surface area contributed by atoms with Crippen molar-refractivity contribution < 1.29 is 53.4 Å². The Labute approximate surface area is 196 Å². The van der Waals surface area contributed by atoms with Gasteiger partial charge in [-0.1, -0.05) is 65.2 Å². The molecule has 0 saturated carbocycles. The number of carboxylic acids is 1. The van der Waals surface area contributed by atoms with E-state index in [4.69, 9.17) is 4.74 Å². The molecule has 158 valence electrons. The topological polar surface area (TPSA) is 66.4 Å². The predicted octanol–water partition coefficient (Wildman–Crippen LogP) is 2.23. The number of hydrogen-bond donors (Lipinski definition) is 0. The maximum Gasteiger partial charge on any atom is 1.00 e. The number of unbranched alkanes of at least 4 members (excludes halogenated alkanes) is 8. The number of aliphatic carboxylic acids is 1. The first-order valence-corrected chi connectivity index (χ1v) is 10.7. The van der Waals surface area contributed by atoms with E-state index in [0.717, 1.165) is 63.9 Å². The van der Waals surface area contributed by atoms with E-state index >= 15 is 0 Å². The van der Waals surface area contributed by atoms with Crippen LogP contribution in [0.1, 0.15) is 101 Å². The van der Waals surface area contributed by atoms with Gasteiger partial charge in [-0.05, 0) is 31.4 Å². The number of carbonyl (C=O) groups excluding carboxylic acids is 2. The minimum atomic E-state index is -1.30. The van der Waals surface area contributed by atoms with Gasteiger partial charge in [0.2, 0.25) is 0 Å². The van der Waals surface area contributed by atoms with Gasteiger partial charge in [0.25, 0.3) is 0 Å². The maximum atomic E-state index is 14.3. The largest absolute Gasteiger partial charge is 1.00 e. The van der Waals surface area contributed by atoms with Crippen LogP contribution in [0.3, 0.4) is 0 Å². The molecule has 6 heteroatoms. The number of halogens is 1. The predicted molar refractivity (Wildman–Crippen MR) is 107 cm³/mol. The van der Waals surface area contributed by atoms with Crippen LogP contribution in [0.15, 0.2) is 18.2 Å². The number of ether oxygens (including phenoxy) is 1. The molecule has 0 spiro atoms.